The lowest BCUT2D eigenvalue weighted by atomic mass is 10.3. The Labute approximate surface area is 129 Å². The van der Waals surface area contributed by atoms with E-state index in [1.54, 1.807) is 12.1 Å². The second kappa shape index (κ2) is 7.68. The van der Waals surface area contributed by atoms with Gasteiger partial charge in [-0.2, -0.15) is 4.99 Å². The Morgan fingerprint density at radius 2 is 1.73 bits per heavy atom. The van der Waals surface area contributed by atoms with E-state index in [0.29, 0.717) is 12.3 Å². The zero-order valence-corrected chi connectivity index (χ0v) is 12.4. The highest BCUT2D eigenvalue weighted by molar-refractivity contribution is 6.01. The summed E-state index contributed by atoms with van der Waals surface area (Å²) < 4.78 is 5.36. The molecule has 0 unspecified atom stereocenters. The van der Waals surface area contributed by atoms with Crippen molar-refractivity contribution in [2.45, 2.75) is 6.92 Å². The quantitative estimate of drug-likeness (QED) is 0.596. The Bertz CT molecular complexity index is 650. The van der Waals surface area contributed by atoms with E-state index in [-0.39, 0.29) is 11.9 Å². The number of rotatable bonds is 4. The van der Waals surface area contributed by atoms with Crippen molar-refractivity contribution in [2.24, 2.45) is 21.5 Å². The molecule has 6 heteroatoms. The van der Waals surface area contributed by atoms with Gasteiger partial charge in [0.2, 0.25) is 11.9 Å². The summed E-state index contributed by atoms with van der Waals surface area (Å²) >= 11 is 0. The zero-order valence-electron chi connectivity index (χ0n) is 12.4. The summed E-state index contributed by atoms with van der Waals surface area (Å²) in [6, 6.07) is 16.7. The third kappa shape index (κ3) is 4.82. The molecule has 2 rings (SSSR count). The minimum Gasteiger partial charge on any atom is -0.494 e. The fourth-order valence-corrected chi connectivity index (χ4v) is 1.76. The Kier molecular flexibility index (Phi) is 5.37. The van der Waals surface area contributed by atoms with E-state index in [9.17, 15) is 0 Å². The van der Waals surface area contributed by atoms with Crippen LogP contribution >= 0.6 is 0 Å². The Morgan fingerprint density at radius 3 is 2.36 bits per heavy atom. The lowest BCUT2D eigenvalue weighted by Crippen LogP contribution is -2.25. The number of nitrogens with two attached hydrogens (primary N) is 2. The predicted molar refractivity (Wildman–Crippen MR) is 90.6 cm³/mol. The van der Waals surface area contributed by atoms with Crippen molar-refractivity contribution in [3.8, 4) is 5.75 Å². The van der Waals surface area contributed by atoms with Gasteiger partial charge in [0.25, 0.3) is 0 Å². The lowest BCUT2D eigenvalue weighted by molar-refractivity contribution is 0.340. The summed E-state index contributed by atoms with van der Waals surface area (Å²) in [5.74, 6) is 1.04. The van der Waals surface area contributed by atoms with Crippen LogP contribution in [0, 0.1) is 0 Å². The molecule has 0 aromatic heterocycles. The number of nitrogens with zero attached hydrogens (tertiary/aromatic N) is 2. The molecule has 0 aliphatic rings. The van der Waals surface area contributed by atoms with E-state index < -0.39 is 0 Å². The molecule has 0 saturated carbocycles. The second-order valence-electron chi connectivity index (χ2n) is 4.38. The first-order chi connectivity index (χ1) is 10.7. The van der Waals surface area contributed by atoms with Gasteiger partial charge in [-0.1, -0.05) is 18.2 Å². The number of aliphatic imine (C=N–C) groups is 2. The van der Waals surface area contributed by atoms with Crippen LogP contribution in [0.3, 0.4) is 0 Å². The van der Waals surface area contributed by atoms with Crippen LogP contribution in [0.2, 0.25) is 0 Å². The van der Waals surface area contributed by atoms with E-state index in [1.807, 2.05) is 49.4 Å². The fourth-order valence-electron chi connectivity index (χ4n) is 1.76. The van der Waals surface area contributed by atoms with Crippen LogP contribution in [0.5, 0.6) is 5.75 Å². The summed E-state index contributed by atoms with van der Waals surface area (Å²) in [5, 5.41) is 2.93. The Morgan fingerprint density at radius 1 is 1.05 bits per heavy atom. The molecule has 0 aliphatic carbocycles. The molecule has 0 bridgehead atoms. The minimum atomic E-state index is 0.0742. The maximum Gasteiger partial charge on any atom is 0.223 e. The molecule has 2 aromatic rings. The van der Waals surface area contributed by atoms with Crippen LogP contribution in [0.4, 0.5) is 11.4 Å². The molecule has 0 amide bonds. The van der Waals surface area contributed by atoms with Crippen LogP contribution < -0.4 is 21.5 Å². The van der Waals surface area contributed by atoms with Crippen LogP contribution in [-0.2, 0) is 0 Å². The Hall–Kier alpha value is -3.02. The average molecular weight is 297 g/mol. The molecule has 0 saturated heterocycles. The molecule has 0 radical (unpaired) electrons. The summed E-state index contributed by atoms with van der Waals surface area (Å²) in [5.41, 5.74) is 13.1. The molecule has 0 fully saturated rings. The number of guanidine groups is 2. The molecule has 0 aliphatic heterocycles. The van der Waals surface area contributed by atoms with E-state index in [1.165, 1.54) is 0 Å². The molecule has 0 spiro atoms. The van der Waals surface area contributed by atoms with Gasteiger partial charge in [-0.3, -0.25) is 0 Å². The van der Waals surface area contributed by atoms with Gasteiger partial charge in [-0.25, -0.2) is 4.99 Å². The van der Waals surface area contributed by atoms with Crippen molar-refractivity contribution in [3.63, 3.8) is 0 Å². The average Bonchev–Trinajstić information content (AvgIpc) is 2.50. The molecule has 2 aromatic carbocycles. The fraction of sp³-hybridized carbons (Fsp3) is 0.125. The van der Waals surface area contributed by atoms with Gasteiger partial charge in [-0.15, -0.1) is 0 Å². The number of nitrogens with one attached hydrogen (secondary N) is 1. The smallest absolute Gasteiger partial charge is 0.223 e. The zero-order chi connectivity index (χ0) is 15.8. The van der Waals surface area contributed by atoms with Gasteiger partial charge in [0, 0.05) is 5.69 Å². The maximum atomic E-state index is 5.78. The minimum absolute atomic E-state index is 0.0742. The normalized spacial score (nSPS) is 12.0. The van der Waals surface area contributed by atoms with Crippen LogP contribution in [-0.4, -0.2) is 18.5 Å². The van der Waals surface area contributed by atoms with Gasteiger partial charge in [0.05, 0.1) is 12.3 Å². The van der Waals surface area contributed by atoms with Gasteiger partial charge < -0.3 is 21.5 Å². The summed E-state index contributed by atoms with van der Waals surface area (Å²) in [4.78, 5) is 8.18. The first-order valence-corrected chi connectivity index (χ1v) is 6.90. The summed E-state index contributed by atoms with van der Waals surface area (Å²) in [6.07, 6.45) is 0. The molecule has 114 valence electrons. The molecule has 6 nitrogen and oxygen atoms in total. The molecule has 0 heterocycles. The van der Waals surface area contributed by atoms with Gasteiger partial charge in [0.1, 0.15) is 5.75 Å². The molecule has 0 atom stereocenters. The second-order valence-corrected chi connectivity index (χ2v) is 4.38. The summed E-state index contributed by atoms with van der Waals surface area (Å²) in [6.45, 7) is 2.55. The first kappa shape index (κ1) is 15.4. The monoisotopic (exact) mass is 297 g/mol. The first-order valence-electron chi connectivity index (χ1n) is 6.90. The Balaban J connectivity index is 2.03. The van der Waals surface area contributed by atoms with Gasteiger partial charge in [0.15, 0.2) is 0 Å². The highest BCUT2D eigenvalue weighted by Crippen LogP contribution is 2.18. The third-order valence-electron chi connectivity index (χ3n) is 2.67. The van der Waals surface area contributed by atoms with E-state index in [4.69, 9.17) is 16.2 Å². The van der Waals surface area contributed by atoms with Crippen molar-refractivity contribution >= 4 is 23.3 Å². The highest BCUT2D eigenvalue weighted by atomic mass is 16.5. The lowest BCUT2D eigenvalue weighted by Gasteiger charge is -2.05. The predicted octanol–water partition coefficient (Wildman–Crippen LogP) is 2.46. The molecule has 5 N–H and O–H groups in total. The number of hydrogen-bond acceptors (Lipinski definition) is 2. The topological polar surface area (TPSA) is 98.0 Å². The van der Waals surface area contributed by atoms with Crippen LogP contribution in [0.1, 0.15) is 6.92 Å². The standard InChI is InChI=1S/C16H19N5O/c1-2-22-14-10-8-13(9-11-14)20-16(18)21-15(17)19-12-6-4-3-5-7-12/h3-11H,2H2,1H3,(H5,17,18,19,20,21). The van der Waals surface area contributed by atoms with Gasteiger partial charge in [-0.05, 0) is 43.3 Å². The largest absolute Gasteiger partial charge is 0.494 e. The number of ether oxygens (including phenoxy) is 1. The highest BCUT2D eigenvalue weighted by Gasteiger charge is 1.97. The summed E-state index contributed by atoms with van der Waals surface area (Å²) in [7, 11) is 0. The van der Waals surface area contributed by atoms with Crippen molar-refractivity contribution in [1.82, 2.24) is 0 Å². The van der Waals surface area contributed by atoms with Crippen LogP contribution in [0.25, 0.3) is 0 Å². The number of anilines is 1. The van der Waals surface area contributed by atoms with Crippen molar-refractivity contribution in [3.05, 3.63) is 54.6 Å². The van der Waals surface area contributed by atoms with Gasteiger partial charge >= 0.3 is 0 Å². The number of benzene rings is 2. The van der Waals surface area contributed by atoms with E-state index in [2.05, 4.69) is 15.3 Å². The van der Waals surface area contributed by atoms with Crippen molar-refractivity contribution < 1.29 is 4.74 Å². The van der Waals surface area contributed by atoms with E-state index in [0.717, 1.165) is 11.4 Å². The van der Waals surface area contributed by atoms with Crippen molar-refractivity contribution in [2.75, 3.05) is 11.9 Å². The molecule has 22 heavy (non-hydrogen) atoms. The molecular weight excluding hydrogens is 278 g/mol. The maximum absolute atomic E-state index is 5.78. The number of para-hydroxylation sites is 1. The van der Waals surface area contributed by atoms with Crippen molar-refractivity contribution in [1.29, 1.82) is 0 Å². The SMILES string of the molecule is CCOc1ccc(N=C(N)/N=C(\N)Nc2ccccc2)cc1. The molecular formula is C16H19N5O. The third-order valence-corrected chi connectivity index (χ3v) is 2.67. The number of hydrogen-bond donors (Lipinski definition) is 3. The van der Waals surface area contributed by atoms with Crippen LogP contribution in [0.15, 0.2) is 64.6 Å². The van der Waals surface area contributed by atoms with E-state index >= 15 is 0 Å².